The van der Waals surface area contributed by atoms with Crippen molar-refractivity contribution in [3.63, 3.8) is 0 Å². The maximum atomic E-state index is 13.0. The van der Waals surface area contributed by atoms with Gasteiger partial charge in [0.2, 0.25) is 5.95 Å². The SMILES string of the molecule is CCn1c(=O)c2cnc(Nc3ccc(CCN(C)C)cc3)nc2n1-c1cccc(C(C)(C)O)n1. The third-order valence-corrected chi connectivity index (χ3v) is 5.61. The number of hydrogen-bond donors (Lipinski definition) is 2. The minimum absolute atomic E-state index is 0.190. The lowest BCUT2D eigenvalue weighted by Gasteiger charge is -2.18. The number of benzene rings is 1. The predicted molar refractivity (Wildman–Crippen MR) is 134 cm³/mol. The zero-order chi connectivity index (χ0) is 24.5. The molecule has 0 aliphatic heterocycles. The van der Waals surface area contributed by atoms with E-state index in [4.69, 9.17) is 0 Å². The van der Waals surface area contributed by atoms with Crippen LogP contribution in [0.1, 0.15) is 32.0 Å². The molecule has 4 aromatic rings. The van der Waals surface area contributed by atoms with E-state index in [-0.39, 0.29) is 5.56 Å². The van der Waals surface area contributed by atoms with Gasteiger partial charge in [-0.1, -0.05) is 18.2 Å². The van der Waals surface area contributed by atoms with Crippen molar-refractivity contribution in [1.29, 1.82) is 0 Å². The molecule has 0 saturated carbocycles. The summed E-state index contributed by atoms with van der Waals surface area (Å²) in [6.07, 6.45) is 2.52. The second kappa shape index (κ2) is 9.36. The van der Waals surface area contributed by atoms with Crippen LogP contribution in [0, 0.1) is 0 Å². The number of anilines is 2. The van der Waals surface area contributed by atoms with Crippen molar-refractivity contribution in [2.45, 2.75) is 39.3 Å². The molecule has 0 spiro atoms. The van der Waals surface area contributed by atoms with Gasteiger partial charge in [0, 0.05) is 25.0 Å². The van der Waals surface area contributed by atoms with Gasteiger partial charge in [-0.2, -0.15) is 4.98 Å². The van der Waals surface area contributed by atoms with Crippen LogP contribution in [0.15, 0.2) is 53.5 Å². The molecule has 0 radical (unpaired) electrons. The molecular weight excluding hydrogens is 430 g/mol. The summed E-state index contributed by atoms with van der Waals surface area (Å²) in [4.78, 5) is 28.8. The highest BCUT2D eigenvalue weighted by Crippen LogP contribution is 2.22. The molecule has 0 aliphatic rings. The minimum Gasteiger partial charge on any atom is -0.384 e. The van der Waals surface area contributed by atoms with Crippen LogP contribution in [-0.4, -0.2) is 55.0 Å². The number of fused-ring (bicyclic) bond motifs is 1. The Bertz CT molecular complexity index is 1350. The monoisotopic (exact) mass is 461 g/mol. The first-order chi connectivity index (χ1) is 16.2. The van der Waals surface area contributed by atoms with Gasteiger partial charge in [0.25, 0.3) is 5.56 Å². The smallest absolute Gasteiger partial charge is 0.278 e. The zero-order valence-electron chi connectivity index (χ0n) is 20.3. The van der Waals surface area contributed by atoms with Crippen LogP contribution in [0.2, 0.25) is 0 Å². The molecule has 0 bridgehead atoms. The number of rotatable bonds is 8. The summed E-state index contributed by atoms with van der Waals surface area (Å²) >= 11 is 0. The van der Waals surface area contributed by atoms with Gasteiger partial charge in [0.15, 0.2) is 11.5 Å². The molecule has 178 valence electrons. The Hall–Kier alpha value is -3.56. The zero-order valence-corrected chi connectivity index (χ0v) is 20.3. The molecule has 0 fully saturated rings. The summed E-state index contributed by atoms with van der Waals surface area (Å²) < 4.78 is 3.25. The van der Waals surface area contributed by atoms with Crippen LogP contribution in [0.4, 0.5) is 11.6 Å². The first-order valence-electron chi connectivity index (χ1n) is 11.4. The van der Waals surface area contributed by atoms with Gasteiger partial charge < -0.3 is 15.3 Å². The van der Waals surface area contributed by atoms with Gasteiger partial charge >= 0.3 is 0 Å². The molecule has 9 nitrogen and oxygen atoms in total. The average molecular weight is 462 g/mol. The maximum Gasteiger partial charge on any atom is 0.278 e. The second-order valence-electron chi connectivity index (χ2n) is 9.08. The number of hydrogen-bond acceptors (Lipinski definition) is 7. The highest BCUT2D eigenvalue weighted by Gasteiger charge is 2.21. The first kappa shape index (κ1) is 23.6. The minimum atomic E-state index is -1.11. The Kier molecular flexibility index (Phi) is 6.49. The van der Waals surface area contributed by atoms with Gasteiger partial charge in [-0.3, -0.25) is 4.79 Å². The summed E-state index contributed by atoms with van der Waals surface area (Å²) in [5.41, 5.74) is 1.76. The number of nitrogens with one attached hydrogen (secondary N) is 1. The number of aliphatic hydroxyl groups is 1. The van der Waals surface area contributed by atoms with Gasteiger partial charge in [-0.15, -0.1) is 0 Å². The standard InChI is InChI=1S/C25H31N7O2/c1-6-31-23(33)19-16-26-24(27-18-12-10-17(11-13-18)14-15-30(4)5)29-22(19)32(31)21-9-7-8-20(28-21)25(2,3)34/h7-13,16,34H,6,14-15H2,1-5H3,(H,26,27,29). The van der Waals surface area contributed by atoms with Crippen molar-refractivity contribution < 1.29 is 5.11 Å². The predicted octanol–water partition coefficient (Wildman–Crippen LogP) is 3.07. The fraction of sp³-hybridized carbons (Fsp3) is 0.360. The Morgan fingerprint density at radius 3 is 2.47 bits per heavy atom. The summed E-state index contributed by atoms with van der Waals surface area (Å²) in [6.45, 7) is 6.66. The summed E-state index contributed by atoms with van der Waals surface area (Å²) in [5.74, 6) is 0.887. The van der Waals surface area contributed by atoms with Crippen LogP contribution in [0.3, 0.4) is 0 Å². The molecule has 3 heterocycles. The summed E-state index contributed by atoms with van der Waals surface area (Å²) in [6, 6.07) is 13.5. The van der Waals surface area contributed by atoms with E-state index in [1.165, 1.54) is 5.56 Å². The van der Waals surface area contributed by atoms with E-state index in [1.54, 1.807) is 41.5 Å². The van der Waals surface area contributed by atoms with E-state index in [2.05, 4.69) is 51.4 Å². The topological polar surface area (TPSA) is 101 Å². The molecule has 2 N–H and O–H groups in total. The van der Waals surface area contributed by atoms with E-state index in [9.17, 15) is 9.90 Å². The van der Waals surface area contributed by atoms with Crippen molar-refractivity contribution in [1.82, 2.24) is 29.2 Å². The molecule has 4 rings (SSSR count). The first-order valence-corrected chi connectivity index (χ1v) is 11.4. The molecule has 0 aliphatic carbocycles. The Balaban J connectivity index is 1.72. The maximum absolute atomic E-state index is 13.0. The quantitative estimate of drug-likeness (QED) is 0.416. The van der Waals surface area contributed by atoms with Gasteiger partial charge in [-0.05, 0) is 71.1 Å². The van der Waals surface area contributed by atoms with Crippen LogP contribution in [0.25, 0.3) is 16.9 Å². The van der Waals surface area contributed by atoms with E-state index < -0.39 is 5.60 Å². The molecule has 1 aromatic carbocycles. The highest BCUT2D eigenvalue weighted by molar-refractivity contribution is 5.77. The normalized spacial score (nSPS) is 12.0. The van der Waals surface area contributed by atoms with Gasteiger partial charge in [0.1, 0.15) is 11.0 Å². The molecule has 3 aromatic heterocycles. The Labute approximate surface area is 198 Å². The largest absolute Gasteiger partial charge is 0.384 e. The third kappa shape index (κ3) is 4.85. The lowest BCUT2D eigenvalue weighted by atomic mass is 10.1. The van der Waals surface area contributed by atoms with Crippen molar-refractivity contribution in [2.75, 3.05) is 26.0 Å². The molecule has 0 amide bonds. The van der Waals surface area contributed by atoms with Crippen LogP contribution >= 0.6 is 0 Å². The summed E-state index contributed by atoms with van der Waals surface area (Å²) in [5, 5.41) is 14.1. The Morgan fingerprint density at radius 2 is 1.82 bits per heavy atom. The number of aromatic nitrogens is 5. The van der Waals surface area contributed by atoms with Gasteiger partial charge in [0.05, 0.1) is 5.69 Å². The van der Waals surface area contributed by atoms with Crippen LogP contribution < -0.4 is 10.9 Å². The summed E-state index contributed by atoms with van der Waals surface area (Å²) in [7, 11) is 4.12. The number of nitrogens with zero attached hydrogens (tertiary/aromatic N) is 6. The van der Waals surface area contributed by atoms with Crippen molar-refractivity contribution >= 4 is 22.7 Å². The van der Waals surface area contributed by atoms with E-state index >= 15 is 0 Å². The number of pyridine rings is 1. The van der Waals surface area contributed by atoms with Crippen molar-refractivity contribution in [3.05, 3.63) is 70.3 Å². The van der Waals surface area contributed by atoms with E-state index in [1.807, 2.05) is 25.1 Å². The van der Waals surface area contributed by atoms with Crippen LogP contribution in [0.5, 0.6) is 0 Å². The van der Waals surface area contributed by atoms with E-state index in [0.29, 0.717) is 35.0 Å². The molecule has 0 unspecified atom stereocenters. The van der Waals surface area contributed by atoms with E-state index in [0.717, 1.165) is 18.7 Å². The van der Waals surface area contributed by atoms with Gasteiger partial charge in [-0.25, -0.2) is 19.3 Å². The lowest BCUT2D eigenvalue weighted by molar-refractivity contribution is 0.0738. The molecule has 9 heteroatoms. The fourth-order valence-corrected chi connectivity index (χ4v) is 3.73. The highest BCUT2D eigenvalue weighted by atomic mass is 16.3. The number of likely N-dealkylation sites (N-methyl/N-ethyl adjacent to an activating group) is 1. The molecule has 0 atom stereocenters. The average Bonchev–Trinajstić information content (AvgIpc) is 3.09. The third-order valence-electron chi connectivity index (χ3n) is 5.61. The lowest BCUT2D eigenvalue weighted by Crippen LogP contribution is -2.23. The second-order valence-corrected chi connectivity index (χ2v) is 9.08. The van der Waals surface area contributed by atoms with Crippen molar-refractivity contribution in [2.24, 2.45) is 0 Å². The fourth-order valence-electron chi connectivity index (χ4n) is 3.73. The van der Waals surface area contributed by atoms with Crippen LogP contribution in [-0.2, 0) is 18.6 Å². The molecule has 34 heavy (non-hydrogen) atoms. The Morgan fingerprint density at radius 1 is 1.09 bits per heavy atom. The molecular formula is C25H31N7O2. The van der Waals surface area contributed by atoms with Crippen molar-refractivity contribution in [3.8, 4) is 5.82 Å². The molecule has 0 saturated heterocycles.